The highest BCUT2D eigenvalue weighted by Crippen LogP contribution is 2.48. The predicted molar refractivity (Wildman–Crippen MR) is 88.3 cm³/mol. The minimum absolute atomic E-state index is 0.0520. The number of methoxy groups -OCH3 is 1. The molecule has 140 valence electrons. The van der Waals surface area contributed by atoms with Crippen molar-refractivity contribution in [3.8, 4) is 0 Å². The molecule has 0 bridgehead atoms. The van der Waals surface area contributed by atoms with Crippen LogP contribution in [0.3, 0.4) is 0 Å². The van der Waals surface area contributed by atoms with Gasteiger partial charge in [-0.25, -0.2) is 13.8 Å². The van der Waals surface area contributed by atoms with E-state index in [1.807, 2.05) is 15.7 Å². The average Bonchev–Trinajstić information content (AvgIpc) is 2.93. The second kappa shape index (κ2) is 6.99. The van der Waals surface area contributed by atoms with Crippen molar-refractivity contribution in [1.29, 1.82) is 0 Å². The number of hydrogen-bond acceptors (Lipinski definition) is 4. The van der Waals surface area contributed by atoms with Crippen molar-refractivity contribution in [2.75, 3.05) is 39.9 Å². The van der Waals surface area contributed by atoms with E-state index in [9.17, 15) is 13.6 Å². The van der Waals surface area contributed by atoms with Gasteiger partial charge < -0.3 is 14.2 Å². The van der Waals surface area contributed by atoms with Gasteiger partial charge >= 0.3 is 0 Å². The first kappa shape index (κ1) is 18.3. The highest BCUT2D eigenvalue weighted by molar-refractivity contribution is 5.81. The van der Waals surface area contributed by atoms with Crippen LogP contribution in [-0.2, 0) is 16.1 Å². The van der Waals surface area contributed by atoms with Crippen LogP contribution in [0.15, 0.2) is 12.4 Å². The fraction of sp³-hybridized carbons (Fsp3) is 0.765. The van der Waals surface area contributed by atoms with Gasteiger partial charge in [-0.05, 0) is 0 Å². The third kappa shape index (κ3) is 3.55. The van der Waals surface area contributed by atoms with E-state index in [1.54, 1.807) is 18.2 Å². The zero-order valence-electron chi connectivity index (χ0n) is 15.0. The quantitative estimate of drug-likeness (QED) is 0.745. The maximum Gasteiger partial charge on any atom is 0.251 e. The summed E-state index contributed by atoms with van der Waals surface area (Å²) in [5, 5.41) is 0. The fourth-order valence-electron chi connectivity index (χ4n) is 3.87. The Hall–Kier alpha value is -1.54. The number of likely N-dealkylation sites (tertiary alicyclic amines) is 2. The van der Waals surface area contributed by atoms with Crippen molar-refractivity contribution < 1.29 is 18.3 Å². The molecular weight excluding hydrogens is 330 g/mol. The number of imidazole rings is 1. The van der Waals surface area contributed by atoms with Crippen LogP contribution in [0.2, 0.25) is 0 Å². The molecule has 2 saturated heterocycles. The highest BCUT2D eigenvalue weighted by atomic mass is 19.3. The molecule has 1 aromatic heterocycles. The summed E-state index contributed by atoms with van der Waals surface area (Å²) in [7, 11) is 1.65. The van der Waals surface area contributed by atoms with Crippen LogP contribution in [0.5, 0.6) is 0 Å². The third-order valence-corrected chi connectivity index (χ3v) is 5.14. The van der Waals surface area contributed by atoms with Crippen LogP contribution in [0.4, 0.5) is 8.78 Å². The normalized spacial score (nSPS) is 23.6. The summed E-state index contributed by atoms with van der Waals surface area (Å²) >= 11 is 0. The summed E-state index contributed by atoms with van der Waals surface area (Å²) in [5.74, 6) is 0.737. The van der Waals surface area contributed by atoms with Crippen molar-refractivity contribution in [1.82, 2.24) is 19.4 Å². The summed E-state index contributed by atoms with van der Waals surface area (Å²) in [5.41, 5.74) is -0.0573. The summed E-state index contributed by atoms with van der Waals surface area (Å²) in [6.07, 6.45) is 1.30. The Labute approximate surface area is 146 Å². The van der Waals surface area contributed by atoms with Crippen molar-refractivity contribution in [2.45, 2.75) is 32.9 Å². The lowest BCUT2D eigenvalue weighted by molar-refractivity contribution is -0.164. The Bertz CT molecular complexity index is 614. The van der Waals surface area contributed by atoms with Crippen LogP contribution in [-0.4, -0.2) is 71.6 Å². The Balaban J connectivity index is 1.67. The molecule has 0 aromatic carbocycles. The molecule has 3 rings (SSSR count). The summed E-state index contributed by atoms with van der Waals surface area (Å²) < 4.78 is 32.0. The fourth-order valence-corrected chi connectivity index (χ4v) is 3.87. The van der Waals surface area contributed by atoms with E-state index < -0.39 is 6.43 Å². The van der Waals surface area contributed by atoms with E-state index in [2.05, 4.69) is 18.8 Å². The second-order valence-electron chi connectivity index (χ2n) is 7.64. The zero-order valence-corrected chi connectivity index (χ0v) is 15.0. The number of aromatic nitrogens is 2. The second-order valence-corrected chi connectivity index (χ2v) is 7.64. The molecule has 2 aliphatic rings. The van der Waals surface area contributed by atoms with Gasteiger partial charge in [0.1, 0.15) is 5.82 Å². The van der Waals surface area contributed by atoms with E-state index in [-0.39, 0.29) is 29.8 Å². The average molecular weight is 356 g/mol. The molecule has 0 spiro atoms. The molecule has 1 unspecified atom stereocenters. The van der Waals surface area contributed by atoms with Gasteiger partial charge in [-0.1, -0.05) is 13.8 Å². The minimum Gasteiger partial charge on any atom is -0.383 e. The van der Waals surface area contributed by atoms with E-state index in [4.69, 9.17) is 4.74 Å². The number of hydrogen-bond donors (Lipinski definition) is 0. The SMILES string of the molecule is COCCn1ccnc1C1N(C(=O)C2CN(CC(F)F)C2)CC1(C)C. The van der Waals surface area contributed by atoms with Crippen molar-refractivity contribution in [3.05, 3.63) is 18.2 Å². The van der Waals surface area contributed by atoms with E-state index in [0.29, 0.717) is 32.8 Å². The summed E-state index contributed by atoms with van der Waals surface area (Å²) in [6, 6.07) is -0.0870. The largest absolute Gasteiger partial charge is 0.383 e. The molecule has 0 aliphatic carbocycles. The van der Waals surface area contributed by atoms with Gasteiger partial charge in [-0.15, -0.1) is 0 Å². The molecule has 0 N–H and O–H groups in total. The van der Waals surface area contributed by atoms with Gasteiger partial charge in [-0.2, -0.15) is 0 Å². The molecule has 2 fully saturated rings. The standard InChI is InChI=1S/C17H26F2N4O2/c1-17(2)11-23(16(24)12-8-21(9-12)10-13(18)19)14(17)15-20-4-5-22(15)6-7-25-3/h4-5,12-14H,6-11H2,1-3H3. The number of amides is 1. The lowest BCUT2D eigenvalue weighted by atomic mass is 9.73. The monoisotopic (exact) mass is 356 g/mol. The number of carbonyl (C=O) groups is 1. The number of alkyl halides is 2. The molecule has 0 radical (unpaired) electrons. The van der Waals surface area contributed by atoms with Crippen molar-refractivity contribution >= 4 is 5.91 Å². The maximum atomic E-state index is 12.8. The molecule has 25 heavy (non-hydrogen) atoms. The number of nitrogens with zero attached hydrogens (tertiary/aromatic N) is 4. The summed E-state index contributed by atoms with van der Waals surface area (Å²) in [6.45, 7) is 6.78. The maximum absolute atomic E-state index is 12.8. The van der Waals surface area contributed by atoms with Crippen LogP contribution in [0.1, 0.15) is 25.7 Å². The van der Waals surface area contributed by atoms with Crippen molar-refractivity contribution in [2.24, 2.45) is 11.3 Å². The Morgan fingerprint density at radius 3 is 2.76 bits per heavy atom. The van der Waals surface area contributed by atoms with Crippen LogP contribution >= 0.6 is 0 Å². The van der Waals surface area contributed by atoms with Gasteiger partial charge in [0.2, 0.25) is 5.91 Å². The Morgan fingerprint density at radius 1 is 1.44 bits per heavy atom. The van der Waals surface area contributed by atoms with Gasteiger partial charge in [0.05, 0.1) is 25.1 Å². The van der Waals surface area contributed by atoms with E-state index >= 15 is 0 Å². The van der Waals surface area contributed by atoms with Crippen LogP contribution in [0, 0.1) is 11.3 Å². The summed E-state index contributed by atoms with van der Waals surface area (Å²) in [4.78, 5) is 20.8. The molecule has 8 heteroatoms. The highest BCUT2D eigenvalue weighted by Gasteiger charge is 2.53. The topological polar surface area (TPSA) is 50.6 Å². The minimum atomic E-state index is -2.35. The molecule has 0 saturated carbocycles. The predicted octanol–water partition coefficient (Wildman–Crippen LogP) is 1.64. The van der Waals surface area contributed by atoms with Crippen LogP contribution in [0.25, 0.3) is 0 Å². The third-order valence-electron chi connectivity index (χ3n) is 5.14. The first-order valence-corrected chi connectivity index (χ1v) is 8.64. The lowest BCUT2D eigenvalue weighted by Gasteiger charge is -2.55. The van der Waals surface area contributed by atoms with Gasteiger partial charge in [-0.3, -0.25) is 9.69 Å². The van der Waals surface area contributed by atoms with E-state index in [0.717, 1.165) is 5.82 Å². The van der Waals surface area contributed by atoms with Gasteiger partial charge in [0, 0.05) is 51.1 Å². The molecule has 1 aromatic rings. The van der Waals surface area contributed by atoms with Crippen molar-refractivity contribution in [3.63, 3.8) is 0 Å². The van der Waals surface area contributed by atoms with Crippen LogP contribution < -0.4 is 0 Å². The molecule has 2 aliphatic heterocycles. The number of rotatable bonds is 7. The molecule has 3 heterocycles. The first-order chi connectivity index (χ1) is 11.8. The molecule has 6 nitrogen and oxygen atoms in total. The van der Waals surface area contributed by atoms with Gasteiger partial charge in [0.15, 0.2) is 0 Å². The first-order valence-electron chi connectivity index (χ1n) is 8.64. The van der Waals surface area contributed by atoms with Gasteiger partial charge in [0.25, 0.3) is 6.43 Å². The molecular formula is C17H26F2N4O2. The smallest absolute Gasteiger partial charge is 0.251 e. The number of halogens is 2. The number of carbonyl (C=O) groups excluding carboxylic acids is 1. The lowest BCUT2D eigenvalue weighted by Crippen LogP contribution is -2.64. The Kier molecular flexibility index (Phi) is 5.11. The molecule has 1 amide bonds. The number of ether oxygens (including phenoxy) is 1. The van der Waals surface area contributed by atoms with E-state index in [1.165, 1.54) is 0 Å². The zero-order chi connectivity index (χ0) is 18.2. The Morgan fingerprint density at radius 2 is 2.16 bits per heavy atom. The molecule has 1 atom stereocenters.